The summed E-state index contributed by atoms with van der Waals surface area (Å²) in [6.07, 6.45) is 9.87. The Hall–Kier alpha value is -3.56. The average Bonchev–Trinajstić information content (AvgIpc) is 3.41. The van der Waals surface area contributed by atoms with E-state index in [-0.39, 0.29) is 23.7 Å². The molecule has 0 radical (unpaired) electrons. The Morgan fingerprint density at radius 2 is 1.85 bits per heavy atom. The summed E-state index contributed by atoms with van der Waals surface area (Å²) < 4.78 is 9.97. The molecule has 214 valence electrons. The normalized spacial score (nSPS) is 30.7. The number of aliphatic hydroxyl groups is 1. The molecule has 6 atom stereocenters. The topological polar surface area (TPSA) is 96.4 Å². The van der Waals surface area contributed by atoms with Crippen molar-refractivity contribution in [2.75, 3.05) is 31.8 Å². The maximum atomic E-state index is 14.7. The van der Waals surface area contributed by atoms with E-state index in [9.17, 15) is 19.5 Å². The monoisotopic (exact) mass is 574 g/mol. The van der Waals surface area contributed by atoms with Gasteiger partial charge in [-0.15, -0.1) is 11.8 Å². The SMILES string of the molecule is COc1ccc(N2CC=C[C@]34S[C@@H]5/C=C\CCCOC(=O)[C@@H]5[C@H]3C(=O)N([C@@H](CO)Cc3ccccc3)C4C2=O)cc1. The van der Waals surface area contributed by atoms with Crippen LogP contribution >= 0.6 is 11.8 Å². The van der Waals surface area contributed by atoms with Gasteiger partial charge in [-0.05, 0) is 49.1 Å². The first-order chi connectivity index (χ1) is 20.0. The molecule has 0 saturated carbocycles. The molecule has 0 aromatic heterocycles. The number of nitrogens with zero attached hydrogens (tertiary/aromatic N) is 2. The number of rotatable bonds is 6. The van der Waals surface area contributed by atoms with E-state index in [2.05, 4.69) is 6.08 Å². The molecule has 2 saturated heterocycles. The molecule has 6 rings (SSSR count). The molecule has 1 N–H and O–H groups in total. The van der Waals surface area contributed by atoms with Crippen molar-refractivity contribution in [3.8, 4) is 5.75 Å². The number of aliphatic hydroxyl groups excluding tert-OH is 1. The molecular formula is C32H34N2O6S. The summed E-state index contributed by atoms with van der Waals surface area (Å²) in [5.74, 6) is -1.77. The van der Waals surface area contributed by atoms with Crippen LogP contribution in [0.2, 0.25) is 0 Å². The lowest BCUT2D eigenvalue weighted by molar-refractivity contribution is -0.153. The lowest BCUT2D eigenvalue weighted by Crippen LogP contribution is -2.57. The molecule has 1 spiro atoms. The second-order valence-corrected chi connectivity index (χ2v) is 12.4. The van der Waals surface area contributed by atoms with Gasteiger partial charge in [-0.1, -0.05) is 54.6 Å². The molecule has 4 heterocycles. The quantitative estimate of drug-likeness (QED) is 0.417. The van der Waals surface area contributed by atoms with E-state index >= 15 is 0 Å². The number of esters is 1. The van der Waals surface area contributed by atoms with Crippen LogP contribution in [0.25, 0.3) is 0 Å². The fraction of sp³-hybridized carbons (Fsp3) is 0.406. The van der Waals surface area contributed by atoms with E-state index in [1.165, 1.54) is 11.8 Å². The van der Waals surface area contributed by atoms with Gasteiger partial charge in [-0.25, -0.2) is 0 Å². The Balaban J connectivity index is 1.46. The third-order valence-corrected chi connectivity index (χ3v) is 10.3. The summed E-state index contributed by atoms with van der Waals surface area (Å²) in [5, 5.41) is 10.4. The van der Waals surface area contributed by atoms with Crippen molar-refractivity contribution in [1.29, 1.82) is 0 Å². The van der Waals surface area contributed by atoms with Gasteiger partial charge in [0, 0.05) is 17.5 Å². The highest BCUT2D eigenvalue weighted by Gasteiger charge is 2.71. The van der Waals surface area contributed by atoms with E-state index in [0.717, 1.165) is 18.4 Å². The van der Waals surface area contributed by atoms with Crippen molar-refractivity contribution in [3.63, 3.8) is 0 Å². The Morgan fingerprint density at radius 1 is 1.07 bits per heavy atom. The average molecular weight is 575 g/mol. The summed E-state index contributed by atoms with van der Waals surface area (Å²) >= 11 is 1.51. The van der Waals surface area contributed by atoms with Crippen molar-refractivity contribution in [1.82, 2.24) is 4.90 Å². The maximum Gasteiger partial charge on any atom is 0.311 e. The number of carbonyl (C=O) groups is 3. The van der Waals surface area contributed by atoms with Crippen LogP contribution in [0.3, 0.4) is 0 Å². The predicted molar refractivity (Wildman–Crippen MR) is 157 cm³/mol. The van der Waals surface area contributed by atoms with Gasteiger partial charge >= 0.3 is 5.97 Å². The van der Waals surface area contributed by atoms with Crippen LogP contribution in [0.15, 0.2) is 78.9 Å². The molecule has 0 aliphatic carbocycles. The molecule has 2 fully saturated rings. The lowest BCUT2D eigenvalue weighted by atomic mass is 9.78. The van der Waals surface area contributed by atoms with Crippen LogP contribution in [0.1, 0.15) is 18.4 Å². The standard InChI is InChI=1S/C32H34N2O6S/c1-39-24-14-12-22(13-15-24)33-17-8-16-32-27(26-25(41-32)11-6-3-7-18-40-31(26)38)29(36)34(28(32)30(33)37)23(20-35)19-21-9-4-2-5-10-21/h2,4-6,8-16,23,25-28,35H,3,7,17-20H2,1H3/b11-6-/t23-,25-,26+,27+,28?,32+/m1/s1. The second-order valence-electron chi connectivity index (χ2n) is 10.9. The molecule has 2 amide bonds. The highest BCUT2D eigenvalue weighted by molar-refractivity contribution is 8.02. The number of likely N-dealkylation sites (tertiary alicyclic amines) is 1. The van der Waals surface area contributed by atoms with Crippen LogP contribution in [0, 0.1) is 11.8 Å². The summed E-state index contributed by atoms with van der Waals surface area (Å²) in [4.78, 5) is 46.0. The largest absolute Gasteiger partial charge is 0.497 e. The first kappa shape index (κ1) is 27.6. The smallest absolute Gasteiger partial charge is 0.311 e. The number of anilines is 1. The number of benzene rings is 2. The zero-order chi connectivity index (χ0) is 28.6. The number of thioether (sulfide) groups is 1. The fourth-order valence-electron chi connectivity index (χ4n) is 6.72. The van der Waals surface area contributed by atoms with Crippen LogP contribution in [0.5, 0.6) is 5.75 Å². The molecular weight excluding hydrogens is 540 g/mol. The molecule has 1 unspecified atom stereocenters. The van der Waals surface area contributed by atoms with E-state index in [0.29, 0.717) is 31.0 Å². The molecule has 8 nitrogen and oxygen atoms in total. The lowest BCUT2D eigenvalue weighted by Gasteiger charge is -2.38. The fourth-order valence-corrected chi connectivity index (χ4v) is 8.71. The molecule has 9 heteroatoms. The van der Waals surface area contributed by atoms with Crippen LogP contribution < -0.4 is 9.64 Å². The number of hydrogen-bond donors (Lipinski definition) is 1. The first-order valence-electron chi connectivity index (χ1n) is 14.1. The minimum absolute atomic E-state index is 0.237. The Morgan fingerprint density at radius 3 is 2.59 bits per heavy atom. The van der Waals surface area contributed by atoms with E-state index in [1.807, 2.05) is 60.7 Å². The zero-order valence-electron chi connectivity index (χ0n) is 22.9. The molecule has 0 bridgehead atoms. The van der Waals surface area contributed by atoms with E-state index in [1.54, 1.807) is 29.0 Å². The van der Waals surface area contributed by atoms with Gasteiger partial charge in [0.25, 0.3) is 5.91 Å². The molecule has 4 aliphatic rings. The van der Waals surface area contributed by atoms with Gasteiger partial charge in [0.05, 0.1) is 42.9 Å². The Labute approximate surface area is 244 Å². The molecule has 2 aromatic carbocycles. The van der Waals surface area contributed by atoms with Crippen molar-refractivity contribution >= 4 is 35.2 Å². The van der Waals surface area contributed by atoms with Crippen LogP contribution in [-0.4, -0.2) is 76.7 Å². The summed E-state index contributed by atoms with van der Waals surface area (Å²) in [6.45, 7) is 0.296. The van der Waals surface area contributed by atoms with Crippen molar-refractivity contribution in [2.24, 2.45) is 11.8 Å². The third-order valence-electron chi connectivity index (χ3n) is 8.59. The number of methoxy groups -OCH3 is 1. The van der Waals surface area contributed by atoms with Gasteiger partial charge in [0.1, 0.15) is 11.8 Å². The summed E-state index contributed by atoms with van der Waals surface area (Å²) in [6, 6.07) is 15.3. The minimum Gasteiger partial charge on any atom is -0.497 e. The highest BCUT2D eigenvalue weighted by Crippen LogP contribution is 2.61. The van der Waals surface area contributed by atoms with E-state index < -0.39 is 34.6 Å². The predicted octanol–water partition coefficient (Wildman–Crippen LogP) is 3.39. The number of allylic oxidation sites excluding steroid dienone is 1. The number of ether oxygens (including phenoxy) is 2. The van der Waals surface area contributed by atoms with Gasteiger partial charge in [0.2, 0.25) is 5.91 Å². The Kier molecular flexibility index (Phi) is 7.66. The van der Waals surface area contributed by atoms with Gasteiger partial charge < -0.3 is 24.4 Å². The van der Waals surface area contributed by atoms with Crippen LogP contribution in [0.4, 0.5) is 5.69 Å². The number of hydrogen-bond acceptors (Lipinski definition) is 7. The number of fused-ring (bicyclic) bond motifs is 2. The Bertz CT molecular complexity index is 1360. The third kappa shape index (κ3) is 4.75. The van der Waals surface area contributed by atoms with Crippen molar-refractivity contribution in [2.45, 2.75) is 41.3 Å². The molecule has 41 heavy (non-hydrogen) atoms. The highest BCUT2D eigenvalue weighted by atomic mass is 32.2. The molecule has 2 aromatic rings. The minimum atomic E-state index is -0.989. The van der Waals surface area contributed by atoms with Crippen molar-refractivity contribution < 1.29 is 29.0 Å². The van der Waals surface area contributed by atoms with Crippen molar-refractivity contribution in [3.05, 3.63) is 84.5 Å². The molecule has 4 aliphatic heterocycles. The zero-order valence-corrected chi connectivity index (χ0v) is 23.7. The van der Waals surface area contributed by atoms with Gasteiger partial charge in [0.15, 0.2) is 0 Å². The summed E-state index contributed by atoms with van der Waals surface area (Å²) in [7, 11) is 1.59. The second kappa shape index (κ2) is 11.4. The number of amides is 2. The first-order valence-corrected chi connectivity index (χ1v) is 15.0. The summed E-state index contributed by atoms with van der Waals surface area (Å²) in [5.41, 5.74) is 1.63. The van der Waals surface area contributed by atoms with Gasteiger partial charge in [-0.2, -0.15) is 0 Å². The van der Waals surface area contributed by atoms with Crippen LogP contribution in [-0.2, 0) is 25.5 Å². The number of carbonyl (C=O) groups excluding carboxylic acids is 3. The van der Waals surface area contributed by atoms with Gasteiger partial charge in [-0.3, -0.25) is 14.4 Å². The van der Waals surface area contributed by atoms with E-state index in [4.69, 9.17) is 9.47 Å². The number of cyclic esters (lactones) is 1. The maximum absolute atomic E-state index is 14.7.